The topological polar surface area (TPSA) is 22.1 Å². The fourth-order valence-electron chi connectivity index (χ4n) is 2.81. The van der Waals surface area contributed by atoms with E-state index in [2.05, 4.69) is 4.98 Å². The Labute approximate surface area is 156 Å². The van der Waals surface area contributed by atoms with Crippen molar-refractivity contribution in [1.29, 1.82) is 0 Å². The summed E-state index contributed by atoms with van der Waals surface area (Å²) in [6.45, 7) is 0. The van der Waals surface area contributed by atoms with Gasteiger partial charge >= 0.3 is 12.4 Å². The summed E-state index contributed by atoms with van der Waals surface area (Å²) >= 11 is 0. The molecule has 0 radical (unpaired) electrons. The number of benzene rings is 2. The standard InChI is InChI=1S/C20H13F6NO/c1-28-18-16(12-4-2-6-14(8-12)19(21,22)23)10-27-11-17(18)13-5-3-7-15(9-13)20(24,25)26/h2-11H,1H3. The normalized spacial score (nSPS) is 12.1. The Kier molecular flexibility index (Phi) is 5.06. The Bertz CT molecular complexity index is 919. The number of alkyl halides is 6. The van der Waals surface area contributed by atoms with E-state index < -0.39 is 23.5 Å². The summed E-state index contributed by atoms with van der Waals surface area (Å²) in [5.41, 5.74) is -0.846. The van der Waals surface area contributed by atoms with Gasteiger partial charge in [0.2, 0.25) is 0 Å². The summed E-state index contributed by atoms with van der Waals surface area (Å²) in [4.78, 5) is 3.99. The third kappa shape index (κ3) is 3.95. The van der Waals surface area contributed by atoms with Crippen molar-refractivity contribution in [3.05, 3.63) is 72.1 Å². The first kappa shape index (κ1) is 19.7. The second-order valence-corrected chi connectivity index (χ2v) is 5.92. The number of aromatic nitrogens is 1. The molecule has 0 bridgehead atoms. The summed E-state index contributed by atoms with van der Waals surface area (Å²) in [5, 5.41) is 0. The van der Waals surface area contributed by atoms with Crippen LogP contribution in [0.2, 0.25) is 0 Å². The van der Waals surface area contributed by atoms with Gasteiger partial charge < -0.3 is 4.74 Å². The lowest BCUT2D eigenvalue weighted by molar-refractivity contribution is -0.138. The van der Waals surface area contributed by atoms with Crippen LogP contribution >= 0.6 is 0 Å². The van der Waals surface area contributed by atoms with Crippen LogP contribution in [0.5, 0.6) is 5.75 Å². The maximum atomic E-state index is 13.0. The summed E-state index contributed by atoms with van der Waals surface area (Å²) in [6.07, 6.45) is -6.44. The first-order valence-corrected chi connectivity index (χ1v) is 7.98. The molecule has 28 heavy (non-hydrogen) atoms. The van der Waals surface area contributed by atoms with Gasteiger partial charge in [-0.15, -0.1) is 0 Å². The molecule has 1 aromatic heterocycles. The van der Waals surface area contributed by atoms with Gasteiger partial charge in [-0.3, -0.25) is 4.98 Å². The van der Waals surface area contributed by atoms with Crippen LogP contribution in [0.15, 0.2) is 60.9 Å². The molecule has 0 atom stereocenters. The van der Waals surface area contributed by atoms with Crippen molar-refractivity contribution in [2.24, 2.45) is 0 Å². The highest BCUT2D eigenvalue weighted by atomic mass is 19.4. The Morgan fingerprint density at radius 1 is 0.714 bits per heavy atom. The minimum absolute atomic E-state index is 0.133. The number of ether oxygens (including phenoxy) is 1. The molecule has 0 aliphatic rings. The smallest absolute Gasteiger partial charge is 0.416 e. The van der Waals surface area contributed by atoms with Crippen molar-refractivity contribution >= 4 is 0 Å². The van der Waals surface area contributed by atoms with Crippen molar-refractivity contribution in [1.82, 2.24) is 4.98 Å². The number of rotatable bonds is 3. The van der Waals surface area contributed by atoms with Gasteiger partial charge in [0.05, 0.1) is 18.2 Å². The highest BCUT2D eigenvalue weighted by Gasteiger charge is 2.32. The van der Waals surface area contributed by atoms with Gasteiger partial charge in [-0.25, -0.2) is 0 Å². The zero-order valence-electron chi connectivity index (χ0n) is 14.4. The lowest BCUT2D eigenvalue weighted by Crippen LogP contribution is -2.05. The van der Waals surface area contributed by atoms with Gasteiger partial charge in [-0.2, -0.15) is 26.3 Å². The zero-order valence-corrected chi connectivity index (χ0v) is 14.4. The second kappa shape index (κ2) is 7.18. The minimum atomic E-state index is -4.53. The molecule has 3 aromatic rings. The third-order valence-corrected chi connectivity index (χ3v) is 4.10. The molecule has 0 aliphatic heterocycles. The van der Waals surface area contributed by atoms with Gasteiger partial charge in [-0.1, -0.05) is 24.3 Å². The Morgan fingerprint density at radius 3 is 1.50 bits per heavy atom. The van der Waals surface area contributed by atoms with Crippen LogP contribution in [-0.2, 0) is 12.4 Å². The van der Waals surface area contributed by atoms with Crippen molar-refractivity contribution in [3.63, 3.8) is 0 Å². The van der Waals surface area contributed by atoms with E-state index in [1.165, 1.54) is 43.8 Å². The fraction of sp³-hybridized carbons (Fsp3) is 0.150. The molecule has 0 amide bonds. The van der Waals surface area contributed by atoms with Gasteiger partial charge in [-0.05, 0) is 35.4 Å². The maximum Gasteiger partial charge on any atom is 0.416 e. The lowest BCUT2D eigenvalue weighted by atomic mass is 9.98. The molecule has 1 heterocycles. The number of hydrogen-bond donors (Lipinski definition) is 0. The van der Waals surface area contributed by atoms with Crippen LogP contribution < -0.4 is 4.74 Å². The Balaban J connectivity index is 2.16. The minimum Gasteiger partial charge on any atom is -0.495 e. The molecule has 0 fully saturated rings. The van der Waals surface area contributed by atoms with Crippen LogP contribution in [0.3, 0.4) is 0 Å². The van der Waals surface area contributed by atoms with E-state index in [0.717, 1.165) is 24.3 Å². The van der Waals surface area contributed by atoms with E-state index in [4.69, 9.17) is 4.74 Å². The summed E-state index contributed by atoms with van der Waals surface area (Å²) < 4.78 is 83.4. The van der Waals surface area contributed by atoms with Gasteiger partial charge in [0.15, 0.2) is 0 Å². The third-order valence-electron chi connectivity index (χ3n) is 4.10. The molecule has 2 aromatic carbocycles. The van der Waals surface area contributed by atoms with E-state index in [1.54, 1.807) is 0 Å². The molecule has 0 unspecified atom stereocenters. The van der Waals surface area contributed by atoms with E-state index in [9.17, 15) is 26.3 Å². The molecule has 0 N–H and O–H groups in total. The SMILES string of the molecule is COc1c(-c2cccc(C(F)(F)F)c2)cncc1-c1cccc(C(F)(F)F)c1. The van der Waals surface area contributed by atoms with Crippen molar-refractivity contribution in [3.8, 4) is 28.0 Å². The summed E-state index contributed by atoms with van der Waals surface area (Å²) in [5.74, 6) is 0.133. The molecule has 0 aliphatic carbocycles. The van der Waals surface area contributed by atoms with Crippen LogP contribution in [0.25, 0.3) is 22.3 Å². The van der Waals surface area contributed by atoms with Gasteiger partial charge in [0.25, 0.3) is 0 Å². The first-order chi connectivity index (χ1) is 13.1. The Morgan fingerprint density at radius 2 is 1.14 bits per heavy atom. The van der Waals surface area contributed by atoms with Crippen LogP contribution in [0.1, 0.15) is 11.1 Å². The number of methoxy groups -OCH3 is 1. The molecular weight excluding hydrogens is 384 g/mol. The van der Waals surface area contributed by atoms with Gasteiger partial charge in [0, 0.05) is 23.5 Å². The van der Waals surface area contributed by atoms with E-state index >= 15 is 0 Å². The van der Waals surface area contributed by atoms with Crippen molar-refractivity contribution in [2.75, 3.05) is 7.11 Å². The predicted octanol–water partition coefficient (Wildman–Crippen LogP) is 6.46. The van der Waals surface area contributed by atoms with Gasteiger partial charge in [0.1, 0.15) is 5.75 Å². The molecule has 2 nitrogen and oxygen atoms in total. The summed E-state index contributed by atoms with van der Waals surface area (Å²) in [6, 6.07) is 9.13. The number of nitrogens with zero attached hydrogens (tertiary/aromatic N) is 1. The molecule has 8 heteroatoms. The number of hydrogen-bond acceptors (Lipinski definition) is 2. The predicted molar refractivity (Wildman–Crippen MR) is 91.7 cm³/mol. The first-order valence-electron chi connectivity index (χ1n) is 7.98. The molecule has 0 saturated carbocycles. The maximum absolute atomic E-state index is 13.0. The average molecular weight is 397 g/mol. The second-order valence-electron chi connectivity index (χ2n) is 5.92. The largest absolute Gasteiger partial charge is 0.495 e. The highest BCUT2D eigenvalue weighted by molar-refractivity contribution is 5.81. The van der Waals surface area contributed by atoms with Crippen LogP contribution in [0, 0.1) is 0 Å². The quantitative estimate of drug-likeness (QED) is 0.473. The number of pyridine rings is 1. The zero-order chi connectivity index (χ0) is 20.5. The summed E-state index contributed by atoms with van der Waals surface area (Å²) in [7, 11) is 1.30. The van der Waals surface area contributed by atoms with Crippen molar-refractivity contribution in [2.45, 2.75) is 12.4 Å². The Hall–Kier alpha value is -3.03. The molecule has 0 spiro atoms. The highest BCUT2D eigenvalue weighted by Crippen LogP contribution is 2.41. The van der Waals surface area contributed by atoms with E-state index in [0.29, 0.717) is 0 Å². The molecule has 146 valence electrons. The fourth-order valence-corrected chi connectivity index (χ4v) is 2.81. The van der Waals surface area contributed by atoms with Crippen molar-refractivity contribution < 1.29 is 31.1 Å². The molecule has 3 rings (SSSR count). The molecule has 0 saturated heterocycles. The average Bonchev–Trinajstić information content (AvgIpc) is 2.66. The molecular formula is C20H13F6NO. The van der Waals surface area contributed by atoms with E-state index in [-0.39, 0.29) is 28.0 Å². The monoisotopic (exact) mass is 397 g/mol. The lowest BCUT2D eigenvalue weighted by Gasteiger charge is -2.15. The number of halogens is 6. The van der Waals surface area contributed by atoms with Crippen LogP contribution in [0.4, 0.5) is 26.3 Å². The van der Waals surface area contributed by atoms with E-state index in [1.807, 2.05) is 0 Å². The van der Waals surface area contributed by atoms with Crippen LogP contribution in [-0.4, -0.2) is 12.1 Å².